The third-order valence-corrected chi connectivity index (χ3v) is 2.21. The quantitative estimate of drug-likeness (QED) is 0.749. The summed E-state index contributed by atoms with van der Waals surface area (Å²) in [6.07, 6.45) is 3.57. The summed E-state index contributed by atoms with van der Waals surface area (Å²) < 4.78 is 0. The fourth-order valence-corrected chi connectivity index (χ4v) is 1.32. The predicted molar refractivity (Wildman–Crippen MR) is 58.0 cm³/mol. The van der Waals surface area contributed by atoms with Gasteiger partial charge in [-0.05, 0) is 25.0 Å². The summed E-state index contributed by atoms with van der Waals surface area (Å²) in [5.74, 6) is 0.404. The number of aromatic nitrogens is 4. The lowest BCUT2D eigenvalue weighted by Gasteiger charge is -2.00. The third-order valence-electron chi connectivity index (χ3n) is 2.21. The molecule has 0 spiro atoms. The van der Waals surface area contributed by atoms with Crippen LogP contribution in [0.4, 0.5) is 0 Å². The standard InChI is InChI=1S/C11H14N4/c1-8(2)11-7-13-15(14-11)10-4-5-12-9(3)6-10/h4-8H,1-3H3. The molecule has 0 unspecified atom stereocenters. The Balaban J connectivity index is 2.37. The number of hydrogen-bond acceptors (Lipinski definition) is 3. The van der Waals surface area contributed by atoms with Gasteiger partial charge in [-0.25, -0.2) is 0 Å². The molecule has 4 heteroatoms. The zero-order valence-electron chi connectivity index (χ0n) is 9.18. The van der Waals surface area contributed by atoms with E-state index in [2.05, 4.69) is 29.0 Å². The zero-order valence-corrected chi connectivity index (χ0v) is 9.18. The van der Waals surface area contributed by atoms with Crippen molar-refractivity contribution in [2.24, 2.45) is 0 Å². The topological polar surface area (TPSA) is 43.6 Å². The van der Waals surface area contributed by atoms with E-state index in [-0.39, 0.29) is 0 Å². The molecule has 0 aliphatic carbocycles. The van der Waals surface area contributed by atoms with Gasteiger partial charge < -0.3 is 0 Å². The van der Waals surface area contributed by atoms with E-state index in [1.54, 1.807) is 17.2 Å². The van der Waals surface area contributed by atoms with Crippen LogP contribution in [0, 0.1) is 6.92 Å². The van der Waals surface area contributed by atoms with Gasteiger partial charge in [0.05, 0.1) is 17.6 Å². The van der Waals surface area contributed by atoms with Crippen molar-refractivity contribution in [3.8, 4) is 5.69 Å². The first-order valence-electron chi connectivity index (χ1n) is 5.02. The number of nitrogens with zero attached hydrogens (tertiary/aromatic N) is 4. The summed E-state index contributed by atoms with van der Waals surface area (Å²) in [6.45, 7) is 6.16. The fraction of sp³-hybridized carbons (Fsp3) is 0.364. The highest BCUT2D eigenvalue weighted by atomic mass is 15.5. The molecule has 0 fully saturated rings. The highest BCUT2D eigenvalue weighted by Gasteiger charge is 2.05. The van der Waals surface area contributed by atoms with Crippen molar-refractivity contribution >= 4 is 0 Å². The van der Waals surface area contributed by atoms with Gasteiger partial charge in [0.25, 0.3) is 0 Å². The lowest BCUT2D eigenvalue weighted by Crippen LogP contribution is -2.00. The molecule has 2 heterocycles. The molecule has 0 saturated heterocycles. The Labute approximate surface area is 89.0 Å². The van der Waals surface area contributed by atoms with Crippen LogP contribution in [0.1, 0.15) is 31.2 Å². The molecule has 0 aliphatic rings. The minimum Gasteiger partial charge on any atom is -0.261 e. The van der Waals surface area contributed by atoms with Crippen LogP contribution in [0.5, 0.6) is 0 Å². The average Bonchev–Trinajstić information content (AvgIpc) is 2.66. The molecule has 15 heavy (non-hydrogen) atoms. The summed E-state index contributed by atoms with van der Waals surface area (Å²) in [7, 11) is 0. The van der Waals surface area contributed by atoms with Crippen LogP contribution in [0.15, 0.2) is 24.5 Å². The maximum atomic E-state index is 4.40. The number of rotatable bonds is 2. The Hall–Kier alpha value is -1.71. The van der Waals surface area contributed by atoms with Crippen molar-refractivity contribution < 1.29 is 0 Å². The fourth-order valence-electron chi connectivity index (χ4n) is 1.32. The number of aryl methyl sites for hydroxylation is 1. The summed E-state index contributed by atoms with van der Waals surface area (Å²) >= 11 is 0. The van der Waals surface area contributed by atoms with Crippen LogP contribution < -0.4 is 0 Å². The van der Waals surface area contributed by atoms with Crippen molar-refractivity contribution in [1.29, 1.82) is 0 Å². The highest BCUT2D eigenvalue weighted by molar-refractivity contribution is 5.29. The van der Waals surface area contributed by atoms with E-state index in [1.807, 2.05) is 19.1 Å². The van der Waals surface area contributed by atoms with E-state index in [9.17, 15) is 0 Å². The van der Waals surface area contributed by atoms with Crippen molar-refractivity contribution in [2.45, 2.75) is 26.7 Å². The third kappa shape index (κ3) is 2.03. The molecule has 78 valence electrons. The van der Waals surface area contributed by atoms with Gasteiger partial charge in [-0.3, -0.25) is 4.98 Å². The van der Waals surface area contributed by atoms with Crippen LogP contribution >= 0.6 is 0 Å². The summed E-state index contributed by atoms with van der Waals surface area (Å²) in [5, 5.41) is 8.63. The molecular weight excluding hydrogens is 188 g/mol. The van der Waals surface area contributed by atoms with Gasteiger partial charge in [-0.15, -0.1) is 0 Å². The first-order valence-corrected chi connectivity index (χ1v) is 5.02. The molecule has 0 bridgehead atoms. The number of hydrogen-bond donors (Lipinski definition) is 0. The maximum Gasteiger partial charge on any atom is 0.0890 e. The van der Waals surface area contributed by atoms with Gasteiger partial charge in [0.15, 0.2) is 0 Å². The van der Waals surface area contributed by atoms with Gasteiger partial charge in [-0.2, -0.15) is 15.0 Å². The van der Waals surface area contributed by atoms with Gasteiger partial charge >= 0.3 is 0 Å². The van der Waals surface area contributed by atoms with E-state index in [4.69, 9.17) is 0 Å². The van der Waals surface area contributed by atoms with E-state index in [0.29, 0.717) is 5.92 Å². The van der Waals surface area contributed by atoms with Gasteiger partial charge in [0.2, 0.25) is 0 Å². The minimum absolute atomic E-state index is 0.404. The second-order valence-corrected chi connectivity index (χ2v) is 3.87. The SMILES string of the molecule is Cc1cc(-n2ncc(C(C)C)n2)ccn1. The van der Waals surface area contributed by atoms with Crippen LogP contribution in [0.25, 0.3) is 5.69 Å². The van der Waals surface area contributed by atoms with E-state index in [0.717, 1.165) is 17.1 Å². The Bertz CT molecular complexity index is 459. The smallest absolute Gasteiger partial charge is 0.0890 e. The molecule has 0 atom stereocenters. The Morgan fingerprint density at radius 3 is 2.73 bits per heavy atom. The molecule has 0 saturated carbocycles. The predicted octanol–water partition coefficient (Wildman–Crippen LogP) is 2.09. The molecule has 0 radical (unpaired) electrons. The molecule has 0 N–H and O–H groups in total. The minimum atomic E-state index is 0.404. The molecule has 0 amide bonds. The highest BCUT2D eigenvalue weighted by Crippen LogP contribution is 2.11. The first kappa shape index (κ1) is 9.83. The Morgan fingerprint density at radius 2 is 2.13 bits per heavy atom. The van der Waals surface area contributed by atoms with Crippen molar-refractivity contribution in [3.63, 3.8) is 0 Å². The summed E-state index contributed by atoms with van der Waals surface area (Å²) in [6, 6.07) is 3.86. The number of pyridine rings is 1. The average molecular weight is 202 g/mol. The van der Waals surface area contributed by atoms with Gasteiger partial charge in [0.1, 0.15) is 0 Å². The maximum absolute atomic E-state index is 4.40. The zero-order chi connectivity index (χ0) is 10.8. The van der Waals surface area contributed by atoms with Gasteiger partial charge in [-0.1, -0.05) is 13.8 Å². The van der Waals surface area contributed by atoms with Crippen molar-refractivity contribution in [2.75, 3.05) is 0 Å². The van der Waals surface area contributed by atoms with E-state index >= 15 is 0 Å². The van der Waals surface area contributed by atoms with Crippen LogP contribution in [-0.2, 0) is 0 Å². The molecule has 2 aromatic rings. The Morgan fingerprint density at radius 1 is 1.33 bits per heavy atom. The van der Waals surface area contributed by atoms with Gasteiger partial charge in [0, 0.05) is 11.9 Å². The van der Waals surface area contributed by atoms with Crippen molar-refractivity contribution in [3.05, 3.63) is 35.9 Å². The lowest BCUT2D eigenvalue weighted by atomic mass is 10.2. The first-order chi connectivity index (χ1) is 7.16. The largest absolute Gasteiger partial charge is 0.261 e. The molecule has 0 aromatic carbocycles. The normalized spacial score (nSPS) is 10.9. The molecule has 4 nitrogen and oxygen atoms in total. The molecule has 2 aromatic heterocycles. The second kappa shape index (κ2) is 3.81. The molecular formula is C11H14N4. The van der Waals surface area contributed by atoms with E-state index in [1.165, 1.54) is 0 Å². The van der Waals surface area contributed by atoms with Crippen LogP contribution in [0.2, 0.25) is 0 Å². The van der Waals surface area contributed by atoms with Crippen molar-refractivity contribution in [1.82, 2.24) is 20.0 Å². The molecule has 0 aliphatic heterocycles. The summed E-state index contributed by atoms with van der Waals surface area (Å²) in [5.41, 5.74) is 2.93. The van der Waals surface area contributed by atoms with E-state index < -0.39 is 0 Å². The van der Waals surface area contributed by atoms with Crippen LogP contribution in [-0.4, -0.2) is 20.0 Å². The monoisotopic (exact) mass is 202 g/mol. The lowest BCUT2D eigenvalue weighted by molar-refractivity contribution is 0.716. The second-order valence-electron chi connectivity index (χ2n) is 3.87. The molecule has 2 rings (SSSR count). The Kier molecular flexibility index (Phi) is 2.49. The summed E-state index contributed by atoms with van der Waals surface area (Å²) in [4.78, 5) is 5.78. The van der Waals surface area contributed by atoms with Crippen LogP contribution in [0.3, 0.4) is 0 Å².